The molecule has 1 fully saturated rings. The number of para-hydroxylation sites is 2. The molecule has 1 aliphatic heterocycles. The molecule has 0 saturated heterocycles. The van der Waals surface area contributed by atoms with Crippen LogP contribution in [0, 0.1) is 0 Å². The molecule has 1 amide bonds. The minimum atomic E-state index is 0. The zero-order valence-corrected chi connectivity index (χ0v) is 17.0. The molecular formula is C18H27IN4O2. The molecule has 3 rings (SSSR count). The summed E-state index contributed by atoms with van der Waals surface area (Å²) >= 11 is 0. The van der Waals surface area contributed by atoms with Crippen molar-refractivity contribution in [3.05, 3.63) is 24.3 Å². The number of hydrogen-bond donors (Lipinski definition) is 2. The maximum absolute atomic E-state index is 12.1. The van der Waals surface area contributed by atoms with E-state index in [4.69, 9.17) is 4.74 Å². The zero-order valence-electron chi connectivity index (χ0n) is 14.7. The highest BCUT2D eigenvalue weighted by molar-refractivity contribution is 14.0. The van der Waals surface area contributed by atoms with E-state index in [2.05, 4.69) is 15.6 Å². The smallest absolute Gasteiger partial charge is 0.265 e. The van der Waals surface area contributed by atoms with Gasteiger partial charge in [0.15, 0.2) is 12.6 Å². The summed E-state index contributed by atoms with van der Waals surface area (Å²) in [5.74, 6) is 1.65. The third-order valence-electron chi connectivity index (χ3n) is 4.58. The largest absolute Gasteiger partial charge is 0.482 e. The Morgan fingerprint density at radius 3 is 2.84 bits per heavy atom. The molecule has 0 spiro atoms. The first-order valence-corrected chi connectivity index (χ1v) is 8.77. The van der Waals surface area contributed by atoms with Gasteiger partial charge in [-0.15, -0.1) is 24.0 Å². The number of amides is 1. The number of nitrogens with zero attached hydrogens (tertiary/aromatic N) is 2. The monoisotopic (exact) mass is 458 g/mol. The molecule has 25 heavy (non-hydrogen) atoms. The average Bonchev–Trinajstić information content (AvgIpc) is 3.12. The predicted octanol–water partition coefficient (Wildman–Crippen LogP) is 2.53. The molecule has 7 heteroatoms. The molecule has 0 unspecified atom stereocenters. The second-order valence-electron chi connectivity index (χ2n) is 6.28. The number of anilines is 1. The Kier molecular flexibility index (Phi) is 7.80. The van der Waals surface area contributed by atoms with Crippen LogP contribution in [0.15, 0.2) is 29.3 Å². The number of fused-ring (bicyclic) bond motifs is 1. The molecular weight excluding hydrogens is 431 g/mol. The van der Waals surface area contributed by atoms with Crippen LogP contribution in [0.4, 0.5) is 5.69 Å². The van der Waals surface area contributed by atoms with Crippen LogP contribution in [0.3, 0.4) is 0 Å². The summed E-state index contributed by atoms with van der Waals surface area (Å²) in [6.07, 6.45) is 5.89. The van der Waals surface area contributed by atoms with E-state index in [0.29, 0.717) is 12.6 Å². The van der Waals surface area contributed by atoms with Crippen molar-refractivity contribution in [2.45, 2.75) is 38.1 Å². The second-order valence-corrected chi connectivity index (χ2v) is 6.28. The lowest BCUT2D eigenvalue weighted by Crippen LogP contribution is -2.44. The van der Waals surface area contributed by atoms with Crippen molar-refractivity contribution in [3.63, 3.8) is 0 Å². The van der Waals surface area contributed by atoms with Crippen molar-refractivity contribution in [2.24, 2.45) is 4.99 Å². The van der Waals surface area contributed by atoms with Crippen molar-refractivity contribution in [1.82, 2.24) is 10.6 Å². The Hall–Kier alpha value is -1.51. The van der Waals surface area contributed by atoms with Crippen LogP contribution in [0.25, 0.3) is 0 Å². The van der Waals surface area contributed by atoms with Gasteiger partial charge in [0.25, 0.3) is 5.91 Å². The van der Waals surface area contributed by atoms with Gasteiger partial charge in [0.2, 0.25) is 0 Å². The minimum Gasteiger partial charge on any atom is -0.482 e. The Bertz CT molecular complexity index is 602. The highest BCUT2D eigenvalue weighted by Gasteiger charge is 2.24. The summed E-state index contributed by atoms with van der Waals surface area (Å²) < 4.78 is 5.47. The van der Waals surface area contributed by atoms with E-state index in [-0.39, 0.29) is 36.5 Å². The molecule has 0 radical (unpaired) electrons. The highest BCUT2D eigenvalue weighted by Crippen LogP contribution is 2.31. The van der Waals surface area contributed by atoms with Crippen LogP contribution in [0.1, 0.15) is 32.1 Å². The molecule has 0 atom stereocenters. The molecule has 1 saturated carbocycles. The third-order valence-corrected chi connectivity index (χ3v) is 4.58. The molecule has 1 aromatic carbocycles. The van der Waals surface area contributed by atoms with Gasteiger partial charge in [-0.2, -0.15) is 0 Å². The van der Waals surface area contributed by atoms with Gasteiger partial charge in [-0.3, -0.25) is 9.79 Å². The van der Waals surface area contributed by atoms with Crippen LogP contribution in [0.2, 0.25) is 0 Å². The van der Waals surface area contributed by atoms with E-state index >= 15 is 0 Å². The number of rotatable bonds is 5. The van der Waals surface area contributed by atoms with Crippen LogP contribution in [-0.4, -0.2) is 44.7 Å². The lowest BCUT2D eigenvalue weighted by Gasteiger charge is -2.29. The Morgan fingerprint density at radius 2 is 2.08 bits per heavy atom. The summed E-state index contributed by atoms with van der Waals surface area (Å²) in [5, 5.41) is 6.81. The number of halogens is 1. The van der Waals surface area contributed by atoms with Gasteiger partial charge in [-0.25, -0.2) is 0 Å². The van der Waals surface area contributed by atoms with Gasteiger partial charge >= 0.3 is 0 Å². The van der Waals surface area contributed by atoms with E-state index in [1.54, 1.807) is 7.05 Å². The van der Waals surface area contributed by atoms with Gasteiger partial charge in [0.1, 0.15) is 5.75 Å². The lowest BCUT2D eigenvalue weighted by atomic mass is 10.2. The molecule has 2 N–H and O–H groups in total. The summed E-state index contributed by atoms with van der Waals surface area (Å²) in [7, 11) is 1.80. The standard InChI is InChI=1S/C18H26N4O2.HI/c1-19-18(21-14-7-2-3-8-14)20-11-6-12-22-15-9-4-5-10-16(15)24-13-17(22)23;/h4-5,9-10,14H,2-3,6-8,11-13H2,1H3,(H2,19,20,21);1H. The SMILES string of the molecule is CN=C(NCCCN1C(=O)COc2ccccc21)NC1CCCC1.I. The molecule has 1 heterocycles. The molecule has 0 aromatic heterocycles. The van der Waals surface area contributed by atoms with Gasteiger partial charge < -0.3 is 20.3 Å². The van der Waals surface area contributed by atoms with Crippen molar-refractivity contribution in [3.8, 4) is 5.75 Å². The van der Waals surface area contributed by atoms with Gasteiger partial charge in [-0.1, -0.05) is 25.0 Å². The van der Waals surface area contributed by atoms with Gasteiger partial charge in [-0.05, 0) is 31.4 Å². The first kappa shape index (κ1) is 19.8. The van der Waals surface area contributed by atoms with Gasteiger partial charge in [0.05, 0.1) is 5.69 Å². The van der Waals surface area contributed by atoms with Crippen LogP contribution in [-0.2, 0) is 4.79 Å². The molecule has 1 aliphatic carbocycles. The number of hydrogen-bond acceptors (Lipinski definition) is 3. The molecule has 0 bridgehead atoms. The zero-order chi connectivity index (χ0) is 16.8. The Labute approximate surface area is 166 Å². The lowest BCUT2D eigenvalue weighted by molar-refractivity contribution is -0.121. The summed E-state index contributed by atoms with van der Waals surface area (Å²) in [5.41, 5.74) is 0.863. The molecule has 1 aromatic rings. The summed E-state index contributed by atoms with van der Waals surface area (Å²) in [4.78, 5) is 18.2. The molecule has 2 aliphatic rings. The van der Waals surface area contributed by atoms with Crippen molar-refractivity contribution >= 4 is 41.5 Å². The summed E-state index contributed by atoms with van der Waals surface area (Å²) in [6, 6.07) is 8.23. The van der Waals surface area contributed by atoms with Crippen molar-refractivity contribution in [2.75, 3.05) is 31.6 Å². The highest BCUT2D eigenvalue weighted by atomic mass is 127. The topological polar surface area (TPSA) is 66.0 Å². The summed E-state index contributed by atoms with van der Waals surface area (Å²) in [6.45, 7) is 1.57. The molecule has 138 valence electrons. The molecule has 6 nitrogen and oxygen atoms in total. The van der Waals surface area contributed by atoms with E-state index in [1.807, 2.05) is 29.2 Å². The van der Waals surface area contributed by atoms with E-state index < -0.39 is 0 Å². The van der Waals surface area contributed by atoms with Crippen LogP contribution < -0.4 is 20.3 Å². The second kappa shape index (κ2) is 9.84. The number of carbonyl (C=O) groups excluding carboxylic acids is 1. The first-order chi connectivity index (χ1) is 11.8. The fourth-order valence-electron chi connectivity index (χ4n) is 3.30. The number of ether oxygens (including phenoxy) is 1. The fraction of sp³-hybridized carbons (Fsp3) is 0.556. The van der Waals surface area contributed by atoms with E-state index in [9.17, 15) is 4.79 Å². The quantitative estimate of drug-likeness (QED) is 0.308. The number of aliphatic imine (C=N–C) groups is 1. The fourth-order valence-corrected chi connectivity index (χ4v) is 3.30. The number of nitrogens with one attached hydrogen (secondary N) is 2. The van der Waals surface area contributed by atoms with Crippen molar-refractivity contribution < 1.29 is 9.53 Å². The average molecular weight is 458 g/mol. The van der Waals surface area contributed by atoms with Gasteiger partial charge in [0, 0.05) is 26.2 Å². The third kappa shape index (κ3) is 5.23. The van der Waals surface area contributed by atoms with Crippen molar-refractivity contribution in [1.29, 1.82) is 0 Å². The van der Waals surface area contributed by atoms with E-state index in [0.717, 1.165) is 30.4 Å². The number of guanidine groups is 1. The number of benzene rings is 1. The van der Waals surface area contributed by atoms with E-state index in [1.165, 1.54) is 25.7 Å². The Balaban J connectivity index is 0.00000225. The maximum atomic E-state index is 12.1. The maximum Gasteiger partial charge on any atom is 0.265 e. The first-order valence-electron chi connectivity index (χ1n) is 8.77. The van der Waals surface area contributed by atoms with Crippen LogP contribution >= 0.6 is 24.0 Å². The number of carbonyl (C=O) groups is 1. The normalized spacial score (nSPS) is 17.6. The predicted molar refractivity (Wildman–Crippen MR) is 111 cm³/mol. The minimum absolute atomic E-state index is 0. The van der Waals surface area contributed by atoms with Crippen LogP contribution in [0.5, 0.6) is 5.75 Å². The Morgan fingerprint density at radius 1 is 1.32 bits per heavy atom.